The molecule has 0 saturated heterocycles. The van der Waals surface area contributed by atoms with Crippen LogP contribution in [-0.4, -0.2) is 5.11 Å². The zero-order chi connectivity index (χ0) is 12.0. The second kappa shape index (κ2) is 6.12. The fourth-order valence-corrected chi connectivity index (χ4v) is 2.30. The van der Waals surface area contributed by atoms with Crippen molar-refractivity contribution in [2.75, 3.05) is 0 Å². The summed E-state index contributed by atoms with van der Waals surface area (Å²) in [7, 11) is 0. The van der Waals surface area contributed by atoms with Crippen molar-refractivity contribution >= 4 is 0 Å². The average molecular weight is 222 g/mol. The van der Waals surface area contributed by atoms with Crippen LogP contribution in [0.4, 0.5) is 0 Å². The summed E-state index contributed by atoms with van der Waals surface area (Å²) in [6, 6.07) is 0. The van der Waals surface area contributed by atoms with E-state index < -0.39 is 0 Å². The maximum atomic E-state index is 9.57. The molecule has 92 valence electrons. The van der Waals surface area contributed by atoms with Gasteiger partial charge in [-0.1, -0.05) is 52.5 Å². The first kappa shape index (κ1) is 13.3. The van der Waals surface area contributed by atoms with E-state index in [0.717, 1.165) is 12.8 Å². The predicted octanol–water partition coefficient (Wildman–Crippen LogP) is 5.15. The molecule has 1 aliphatic carbocycles. The molecule has 0 amide bonds. The van der Waals surface area contributed by atoms with Crippen molar-refractivity contribution in [3.05, 3.63) is 23.5 Å². The summed E-state index contributed by atoms with van der Waals surface area (Å²) in [6.07, 6.45) is 12.6. The Balaban J connectivity index is 2.46. The van der Waals surface area contributed by atoms with Crippen molar-refractivity contribution in [2.45, 2.75) is 65.7 Å². The van der Waals surface area contributed by atoms with E-state index >= 15 is 0 Å². The monoisotopic (exact) mass is 222 g/mol. The molecule has 1 rings (SSSR count). The van der Waals surface area contributed by atoms with Gasteiger partial charge in [0, 0.05) is 6.42 Å². The summed E-state index contributed by atoms with van der Waals surface area (Å²) in [4.78, 5) is 0. The lowest BCUT2D eigenvalue weighted by Gasteiger charge is -2.28. The molecule has 1 N–H and O–H groups in total. The number of aliphatic hydroxyl groups is 1. The number of aliphatic hydroxyl groups excluding tert-OH is 1. The number of unbranched alkanes of at least 4 members (excludes halogenated alkanes) is 3. The van der Waals surface area contributed by atoms with Crippen molar-refractivity contribution in [1.82, 2.24) is 0 Å². The van der Waals surface area contributed by atoms with Gasteiger partial charge in [-0.3, -0.25) is 0 Å². The topological polar surface area (TPSA) is 20.2 Å². The van der Waals surface area contributed by atoms with E-state index in [1.807, 2.05) is 6.08 Å². The molecule has 0 fully saturated rings. The van der Waals surface area contributed by atoms with Gasteiger partial charge in [-0.15, -0.1) is 0 Å². The van der Waals surface area contributed by atoms with Gasteiger partial charge in [0.1, 0.15) is 0 Å². The molecule has 0 heterocycles. The molecule has 0 unspecified atom stereocenters. The molecule has 1 nitrogen and oxygen atoms in total. The van der Waals surface area contributed by atoms with Crippen LogP contribution in [0.3, 0.4) is 0 Å². The van der Waals surface area contributed by atoms with E-state index in [2.05, 4.69) is 26.8 Å². The molecule has 1 heteroatoms. The maximum Gasteiger partial charge on any atom is 0.0928 e. The van der Waals surface area contributed by atoms with Gasteiger partial charge < -0.3 is 5.11 Å². The molecule has 0 aliphatic heterocycles. The van der Waals surface area contributed by atoms with Crippen molar-refractivity contribution in [3.8, 4) is 0 Å². The molecule has 0 aromatic rings. The Morgan fingerprint density at radius 2 is 2.00 bits per heavy atom. The molecule has 0 aromatic carbocycles. The zero-order valence-corrected chi connectivity index (χ0v) is 11.1. The highest BCUT2D eigenvalue weighted by molar-refractivity contribution is 5.30. The highest BCUT2D eigenvalue weighted by atomic mass is 16.3. The van der Waals surface area contributed by atoms with Gasteiger partial charge in [-0.25, -0.2) is 0 Å². The van der Waals surface area contributed by atoms with Gasteiger partial charge in [0.2, 0.25) is 0 Å². The lowest BCUT2D eigenvalue weighted by atomic mass is 9.77. The minimum absolute atomic E-state index is 0.224. The van der Waals surface area contributed by atoms with Crippen molar-refractivity contribution in [2.24, 2.45) is 5.41 Å². The van der Waals surface area contributed by atoms with E-state index in [9.17, 15) is 5.11 Å². The smallest absolute Gasteiger partial charge is 0.0928 e. The van der Waals surface area contributed by atoms with E-state index in [0.29, 0.717) is 5.76 Å². The predicted molar refractivity (Wildman–Crippen MR) is 70.6 cm³/mol. The Kier molecular flexibility index (Phi) is 5.11. The van der Waals surface area contributed by atoms with Crippen molar-refractivity contribution in [3.63, 3.8) is 0 Å². The minimum atomic E-state index is 0.224. The Labute approximate surface area is 100 Å². The normalized spacial score (nSPS) is 16.9. The van der Waals surface area contributed by atoms with Crippen LogP contribution in [0.2, 0.25) is 0 Å². The Morgan fingerprint density at radius 3 is 2.62 bits per heavy atom. The van der Waals surface area contributed by atoms with E-state index in [-0.39, 0.29) is 5.41 Å². The number of hydrogen-bond acceptors (Lipinski definition) is 1. The third-order valence-electron chi connectivity index (χ3n) is 3.52. The van der Waals surface area contributed by atoms with Gasteiger partial charge in [0.15, 0.2) is 0 Å². The maximum absolute atomic E-state index is 9.57. The largest absolute Gasteiger partial charge is 0.512 e. The van der Waals surface area contributed by atoms with Gasteiger partial charge in [-0.05, 0) is 29.9 Å². The van der Waals surface area contributed by atoms with Gasteiger partial charge in [0.25, 0.3) is 0 Å². The Bertz CT molecular complexity index is 271. The lowest BCUT2D eigenvalue weighted by Crippen LogP contribution is -2.15. The fourth-order valence-electron chi connectivity index (χ4n) is 2.30. The summed E-state index contributed by atoms with van der Waals surface area (Å²) in [6.45, 7) is 6.83. The van der Waals surface area contributed by atoms with Crippen LogP contribution < -0.4 is 0 Å². The van der Waals surface area contributed by atoms with Gasteiger partial charge >= 0.3 is 0 Å². The van der Waals surface area contributed by atoms with Gasteiger partial charge in [-0.2, -0.15) is 0 Å². The molecular formula is C15H26O. The summed E-state index contributed by atoms with van der Waals surface area (Å²) in [5.74, 6) is 0.555. The van der Waals surface area contributed by atoms with E-state index in [4.69, 9.17) is 0 Å². The molecule has 0 radical (unpaired) electrons. The Morgan fingerprint density at radius 1 is 1.25 bits per heavy atom. The first-order valence-electron chi connectivity index (χ1n) is 6.66. The second-order valence-corrected chi connectivity index (χ2v) is 5.53. The fraction of sp³-hybridized carbons (Fsp3) is 0.733. The third-order valence-corrected chi connectivity index (χ3v) is 3.52. The first-order valence-corrected chi connectivity index (χ1v) is 6.66. The molecule has 0 aromatic heterocycles. The molecule has 0 saturated carbocycles. The zero-order valence-electron chi connectivity index (χ0n) is 11.1. The van der Waals surface area contributed by atoms with Gasteiger partial charge in [0.05, 0.1) is 5.76 Å². The summed E-state index contributed by atoms with van der Waals surface area (Å²) in [5.41, 5.74) is 1.55. The SMILES string of the molecule is CCCCCCC(C)(C)C1=CCCC(O)=C1. The van der Waals surface area contributed by atoms with Crippen LogP contribution in [0.1, 0.15) is 65.7 Å². The molecular weight excluding hydrogens is 196 g/mol. The first-order chi connectivity index (χ1) is 7.56. The van der Waals surface area contributed by atoms with Crippen LogP contribution in [-0.2, 0) is 0 Å². The average Bonchev–Trinajstić information content (AvgIpc) is 2.24. The number of hydrogen-bond donors (Lipinski definition) is 1. The van der Waals surface area contributed by atoms with Crippen LogP contribution >= 0.6 is 0 Å². The highest BCUT2D eigenvalue weighted by Crippen LogP contribution is 2.36. The molecule has 0 spiro atoms. The minimum Gasteiger partial charge on any atom is -0.512 e. The second-order valence-electron chi connectivity index (χ2n) is 5.53. The number of rotatable bonds is 6. The van der Waals surface area contributed by atoms with Crippen molar-refractivity contribution in [1.29, 1.82) is 0 Å². The van der Waals surface area contributed by atoms with Crippen LogP contribution in [0.25, 0.3) is 0 Å². The molecule has 0 bridgehead atoms. The van der Waals surface area contributed by atoms with Crippen LogP contribution in [0, 0.1) is 5.41 Å². The standard InChI is InChI=1S/C15H26O/c1-4-5-6-7-11-15(2,3)13-9-8-10-14(16)12-13/h9,12,16H,4-8,10-11H2,1-3H3. The van der Waals surface area contributed by atoms with E-state index in [1.165, 1.54) is 37.7 Å². The highest BCUT2D eigenvalue weighted by Gasteiger charge is 2.22. The van der Waals surface area contributed by atoms with Crippen LogP contribution in [0.5, 0.6) is 0 Å². The number of allylic oxidation sites excluding steroid dienone is 4. The summed E-state index contributed by atoms with van der Waals surface area (Å²) >= 11 is 0. The third kappa shape index (κ3) is 4.03. The summed E-state index contributed by atoms with van der Waals surface area (Å²) in [5, 5.41) is 9.57. The van der Waals surface area contributed by atoms with Crippen LogP contribution in [0.15, 0.2) is 23.5 Å². The molecule has 16 heavy (non-hydrogen) atoms. The quantitative estimate of drug-likeness (QED) is 0.616. The van der Waals surface area contributed by atoms with E-state index in [1.54, 1.807) is 0 Å². The summed E-state index contributed by atoms with van der Waals surface area (Å²) < 4.78 is 0. The lowest BCUT2D eigenvalue weighted by molar-refractivity contribution is 0.362. The molecule has 1 aliphatic rings. The van der Waals surface area contributed by atoms with Crippen molar-refractivity contribution < 1.29 is 5.11 Å². The Hall–Kier alpha value is -0.720. The molecule has 0 atom stereocenters.